The lowest BCUT2D eigenvalue weighted by Crippen LogP contribution is -2.50. The van der Waals surface area contributed by atoms with Crippen LogP contribution >= 0.6 is 0 Å². The second-order valence-electron chi connectivity index (χ2n) is 10.1. The normalized spacial score (nSPS) is 41.5. The molecule has 0 unspecified atom stereocenters. The summed E-state index contributed by atoms with van der Waals surface area (Å²) < 4.78 is 5.27. The number of carbonyl (C=O) groups is 2. The molecule has 4 aliphatic carbocycles. The van der Waals surface area contributed by atoms with Crippen LogP contribution in [0.4, 0.5) is 0 Å². The lowest BCUT2D eigenvalue weighted by molar-refractivity contribution is -0.158. The second kappa shape index (κ2) is 7.46. The molecule has 0 bridgehead atoms. The number of ketones is 1. The highest BCUT2D eigenvalue weighted by molar-refractivity contribution is 6.34. The molecule has 0 heterocycles. The van der Waals surface area contributed by atoms with Crippen LogP contribution in [0.15, 0.2) is 23.8 Å². The molecule has 3 saturated carbocycles. The van der Waals surface area contributed by atoms with Crippen molar-refractivity contribution in [3.63, 3.8) is 0 Å². The SMILES string of the molecule is CCCCOC(=O)C(=O)[C@H]1CC[C@H]2[C@@H]3CCC4=CCC=C[C@]4(C)[C@H]3CC[C@]12C. The van der Waals surface area contributed by atoms with Gasteiger partial charge in [-0.3, -0.25) is 4.79 Å². The highest BCUT2D eigenvalue weighted by atomic mass is 16.5. The van der Waals surface area contributed by atoms with E-state index in [4.69, 9.17) is 4.74 Å². The summed E-state index contributed by atoms with van der Waals surface area (Å²) in [5.74, 6) is 0.958. The zero-order valence-corrected chi connectivity index (χ0v) is 17.8. The molecular weight excluding hydrogens is 348 g/mol. The smallest absolute Gasteiger partial charge is 0.374 e. The molecule has 3 nitrogen and oxygen atoms in total. The average Bonchev–Trinajstić information content (AvgIpc) is 3.04. The van der Waals surface area contributed by atoms with Crippen LogP contribution in [0, 0.1) is 34.5 Å². The van der Waals surface area contributed by atoms with Gasteiger partial charge in [-0.1, -0.05) is 51.0 Å². The largest absolute Gasteiger partial charge is 0.460 e. The molecule has 0 aliphatic heterocycles. The molecule has 0 N–H and O–H groups in total. The number of fused-ring (bicyclic) bond motifs is 5. The Morgan fingerprint density at radius 2 is 1.96 bits per heavy atom. The molecule has 0 radical (unpaired) electrons. The molecule has 0 saturated heterocycles. The lowest BCUT2D eigenvalue weighted by Gasteiger charge is -2.57. The maximum absolute atomic E-state index is 13.0. The number of ether oxygens (including phenoxy) is 1. The third kappa shape index (κ3) is 3.00. The van der Waals surface area contributed by atoms with E-state index < -0.39 is 5.97 Å². The first kappa shape index (κ1) is 19.9. The van der Waals surface area contributed by atoms with E-state index in [9.17, 15) is 9.59 Å². The van der Waals surface area contributed by atoms with Crippen molar-refractivity contribution >= 4 is 11.8 Å². The average molecular weight is 385 g/mol. The minimum Gasteiger partial charge on any atom is -0.460 e. The van der Waals surface area contributed by atoms with E-state index >= 15 is 0 Å². The number of esters is 1. The predicted octanol–water partition coefficient (Wildman–Crippen LogP) is 5.64. The molecular formula is C25H36O3. The standard InChI is InChI=1S/C25H36O3/c1-4-5-16-28-23(27)22(26)21-12-11-19-18-10-9-17-8-6-7-14-24(17,2)20(18)13-15-25(19,21)3/h7-8,14,18-21H,4-6,9-13,15-16H2,1-3H3/t18-,19-,20-,21+,24-,25-/m0/s1. The summed E-state index contributed by atoms with van der Waals surface area (Å²) in [7, 11) is 0. The van der Waals surface area contributed by atoms with E-state index in [1.54, 1.807) is 5.57 Å². The summed E-state index contributed by atoms with van der Waals surface area (Å²) in [6.45, 7) is 7.17. The van der Waals surface area contributed by atoms with E-state index in [1.807, 2.05) is 0 Å². The number of Topliss-reactive ketones (excluding diaryl/α,β-unsaturated/α-hetero) is 1. The quantitative estimate of drug-likeness (QED) is 0.266. The Hall–Kier alpha value is -1.38. The fraction of sp³-hybridized carbons (Fsp3) is 0.760. The summed E-state index contributed by atoms with van der Waals surface area (Å²) in [5.41, 5.74) is 1.83. The van der Waals surface area contributed by atoms with Crippen molar-refractivity contribution in [2.45, 2.75) is 78.6 Å². The molecule has 154 valence electrons. The van der Waals surface area contributed by atoms with Gasteiger partial charge in [-0.25, -0.2) is 4.79 Å². The van der Waals surface area contributed by atoms with Crippen LogP contribution in [0.3, 0.4) is 0 Å². The molecule has 6 atom stereocenters. The molecule has 0 spiro atoms. The minimum absolute atomic E-state index is 0.0298. The fourth-order valence-corrected chi connectivity index (χ4v) is 7.29. The van der Waals surface area contributed by atoms with Crippen LogP contribution in [0.2, 0.25) is 0 Å². The maximum Gasteiger partial charge on any atom is 0.374 e. The number of rotatable bonds is 5. The monoisotopic (exact) mass is 384 g/mol. The summed E-state index contributed by atoms with van der Waals surface area (Å²) in [6.07, 6.45) is 16.8. The number of hydrogen-bond donors (Lipinski definition) is 0. The van der Waals surface area contributed by atoms with Crippen LogP contribution in [-0.4, -0.2) is 18.4 Å². The van der Waals surface area contributed by atoms with Crippen LogP contribution in [0.5, 0.6) is 0 Å². The molecule has 4 aliphatic rings. The van der Waals surface area contributed by atoms with Gasteiger partial charge in [0.15, 0.2) is 0 Å². The summed E-state index contributed by atoms with van der Waals surface area (Å²) in [6, 6.07) is 0. The van der Waals surface area contributed by atoms with Crippen LogP contribution < -0.4 is 0 Å². The number of unbranched alkanes of at least 4 members (excludes halogenated alkanes) is 1. The fourth-order valence-electron chi connectivity index (χ4n) is 7.29. The van der Waals surface area contributed by atoms with Gasteiger partial charge < -0.3 is 4.74 Å². The van der Waals surface area contributed by atoms with E-state index in [1.165, 1.54) is 19.3 Å². The second-order valence-corrected chi connectivity index (χ2v) is 10.1. The topological polar surface area (TPSA) is 43.4 Å². The van der Waals surface area contributed by atoms with Crippen molar-refractivity contribution in [3.05, 3.63) is 23.8 Å². The Bertz CT molecular complexity index is 705. The first-order valence-corrected chi connectivity index (χ1v) is 11.5. The molecule has 3 heteroatoms. The van der Waals surface area contributed by atoms with Gasteiger partial charge in [-0.2, -0.15) is 0 Å². The Balaban J connectivity index is 1.51. The van der Waals surface area contributed by atoms with Crippen molar-refractivity contribution < 1.29 is 14.3 Å². The predicted molar refractivity (Wildman–Crippen MR) is 111 cm³/mol. The molecule has 0 aromatic heterocycles. The van der Waals surface area contributed by atoms with E-state index in [-0.39, 0.29) is 22.5 Å². The van der Waals surface area contributed by atoms with Crippen LogP contribution in [-0.2, 0) is 14.3 Å². The van der Waals surface area contributed by atoms with Gasteiger partial charge in [0.05, 0.1) is 6.61 Å². The summed E-state index contributed by atoms with van der Waals surface area (Å²) in [4.78, 5) is 25.3. The highest BCUT2D eigenvalue weighted by Crippen LogP contribution is 2.66. The molecule has 4 rings (SSSR count). The van der Waals surface area contributed by atoms with Crippen LogP contribution in [0.1, 0.15) is 78.6 Å². The molecule has 0 aromatic rings. The number of allylic oxidation sites excluding steroid dienone is 4. The molecule has 3 fully saturated rings. The van der Waals surface area contributed by atoms with Crippen LogP contribution in [0.25, 0.3) is 0 Å². The Labute approximate surface area is 170 Å². The first-order valence-electron chi connectivity index (χ1n) is 11.5. The van der Waals surface area contributed by atoms with Gasteiger partial charge in [-0.15, -0.1) is 0 Å². The molecule has 0 amide bonds. The Morgan fingerprint density at radius 3 is 2.75 bits per heavy atom. The van der Waals surface area contributed by atoms with Gasteiger partial charge in [0.25, 0.3) is 0 Å². The highest BCUT2D eigenvalue weighted by Gasteiger charge is 2.60. The van der Waals surface area contributed by atoms with Crippen molar-refractivity contribution in [2.24, 2.45) is 34.5 Å². The number of hydrogen-bond acceptors (Lipinski definition) is 3. The third-order valence-electron chi connectivity index (χ3n) is 8.86. The first-order chi connectivity index (χ1) is 13.4. The number of carbonyl (C=O) groups excluding carboxylic acids is 2. The minimum atomic E-state index is -0.585. The molecule has 28 heavy (non-hydrogen) atoms. The van der Waals surface area contributed by atoms with Gasteiger partial charge in [0.2, 0.25) is 5.78 Å². The van der Waals surface area contributed by atoms with E-state index in [2.05, 4.69) is 39.0 Å². The van der Waals surface area contributed by atoms with Crippen molar-refractivity contribution in [2.75, 3.05) is 6.61 Å². The molecule has 0 aromatic carbocycles. The zero-order valence-electron chi connectivity index (χ0n) is 17.8. The van der Waals surface area contributed by atoms with Crippen molar-refractivity contribution in [3.8, 4) is 0 Å². The van der Waals surface area contributed by atoms with Gasteiger partial charge in [0.1, 0.15) is 0 Å². The van der Waals surface area contributed by atoms with Gasteiger partial charge >= 0.3 is 5.97 Å². The van der Waals surface area contributed by atoms with Gasteiger partial charge in [-0.05, 0) is 74.5 Å². The Kier molecular flexibility index (Phi) is 5.31. The summed E-state index contributed by atoms with van der Waals surface area (Å²) >= 11 is 0. The Morgan fingerprint density at radius 1 is 1.14 bits per heavy atom. The third-order valence-corrected chi connectivity index (χ3v) is 8.86. The zero-order chi connectivity index (χ0) is 19.9. The lowest BCUT2D eigenvalue weighted by atomic mass is 9.47. The van der Waals surface area contributed by atoms with Crippen molar-refractivity contribution in [1.29, 1.82) is 0 Å². The van der Waals surface area contributed by atoms with E-state index in [0.717, 1.165) is 38.5 Å². The van der Waals surface area contributed by atoms with Crippen molar-refractivity contribution in [1.82, 2.24) is 0 Å². The summed E-state index contributed by atoms with van der Waals surface area (Å²) in [5, 5.41) is 0. The van der Waals surface area contributed by atoms with E-state index in [0.29, 0.717) is 24.4 Å². The maximum atomic E-state index is 13.0. The van der Waals surface area contributed by atoms with Gasteiger partial charge in [0, 0.05) is 11.3 Å².